The van der Waals surface area contributed by atoms with E-state index in [1.54, 1.807) is 39.8 Å². The van der Waals surface area contributed by atoms with Gasteiger partial charge in [0.15, 0.2) is 30.1 Å². The molecule has 3 fully saturated rings. The molecule has 9 heterocycles. The van der Waals surface area contributed by atoms with Crippen molar-refractivity contribution in [2.24, 2.45) is 0 Å². The van der Waals surface area contributed by atoms with E-state index >= 15 is 0 Å². The molecule has 3 aromatic carbocycles. The van der Waals surface area contributed by atoms with E-state index in [0.29, 0.717) is 35.7 Å². The first-order chi connectivity index (χ1) is 46.8. The number of imidazole rings is 1. The molecule has 11 atom stereocenters. The summed E-state index contributed by atoms with van der Waals surface area (Å²) in [5.74, 6) is -2.99. The van der Waals surface area contributed by atoms with Crippen molar-refractivity contribution in [1.29, 1.82) is 0 Å². The van der Waals surface area contributed by atoms with Crippen LogP contribution in [0.5, 0.6) is 0 Å². The molecule has 512 valence electrons. The van der Waals surface area contributed by atoms with Gasteiger partial charge in [-0.3, -0.25) is 51.7 Å². The van der Waals surface area contributed by atoms with E-state index in [0.717, 1.165) is 40.6 Å². The van der Waals surface area contributed by atoms with Gasteiger partial charge in [0.25, 0.3) is 5.56 Å². The maximum atomic E-state index is 14.2. The smallest absolute Gasteiger partial charge is 0.386 e. The van der Waals surface area contributed by atoms with Crippen LogP contribution in [0.1, 0.15) is 66.0 Å². The zero-order valence-electron chi connectivity index (χ0n) is 51.9. The number of fused-ring (bicyclic) bond motifs is 6. The number of hydrogen-bond donors (Lipinski definition) is 10. The van der Waals surface area contributed by atoms with Gasteiger partial charge in [-0.2, -0.15) is 0 Å². The van der Waals surface area contributed by atoms with Gasteiger partial charge in [-0.15, -0.1) is 0 Å². The average Bonchev–Trinajstić information content (AvgIpc) is 1.64. The van der Waals surface area contributed by atoms with Crippen molar-refractivity contribution >= 4 is 119 Å². The topological polar surface area (TPSA) is 394 Å². The lowest BCUT2D eigenvalue weighted by atomic mass is 10.0. The van der Waals surface area contributed by atoms with Crippen molar-refractivity contribution in [3.8, 4) is 0 Å². The van der Waals surface area contributed by atoms with Crippen molar-refractivity contribution in [2.45, 2.75) is 106 Å². The molecule has 4 aromatic heterocycles. The summed E-state index contributed by atoms with van der Waals surface area (Å²) in [4.78, 5) is 124. The molecule has 5 aliphatic heterocycles. The second kappa shape index (κ2) is 30.3. The molecule has 97 heavy (non-hydrogen) atoms. The van der Waals surface area contributed by atoms with Crippen LogP contribution in [0.25, 0.3) is 34.3 Å². The van der Waals surface area contributed by atoms with Crippen LogP contribution in [-0.4, -0.2) is 179 Å². The number of hydrogen-bond acceptors (Lipinski definition) is 22. The molecule has 7 aromatic rings. The molecule has 0 saturated carbocycles. The van der Waals surface area contributed by atoms with E-state index in [1.807, 2.05) is 66.9 Å². The van der Waals surface area contributed by atoms with E-state index in [1.165, 1.54) is 28.1 Å². The standard InChI is InChI=1S/C62H70N14O17P2S2/c77-43-24-46-44(91-61(43)75-29-40-14-8-20-63-56-52(40)57(75)68-32-67-56)30-90-95(87,97)93-55-54(83)45(31-89-94(46,86)96)92-62(55)76-34-69-53-58(76)70-33-73(60(53)85)21-22-88-35-71-49(80)26-66-59(84)41(23-36-9-2-1-3-10-36)72-50(81)27-65-48(79)25-64-47(78)18-19-51(82)74-28-39-13-5-4-11-37(39)16-17-38-12-6-7-15-42(38)74/h1-7,9-13,15-17,29,32-34,41,43-46,54-55,61-62,77,83H,8,14,18-28,30-31,35H2,(H,64,78)(H,65,79)(H,66,84)(H,71,80)(H,72,81)(H,86,96)(H,87,97)(H,63,67,68)/b17-16-/t41-,43+,44+,45+,46+,54+,55+,61+,62+,94?,95?/m0/s1. The molecule has 0 radical (unpaired) electrons. The van der Waals surface area contributed by atoms with Gasteiger partial charge in [0, 0.05) is 32.0 Å². The van der Waals surface area contributed by atoms with Gasteiger partial charge in [0.05, 0.1) is 81.7 Å². The first kappa shape index (κ1) is 68.8. The molecule has 12 rings (SSSR count). The number of para-hydroxylation sites is 1. The summed E-state index contributed by atoms with van der Waals surface area (Å²) >= 11 is 9.98. The third-order valence-electron chi connectivity index (χ3n) is 17.1. The minimum Gasteiger partial charge on any atom is -0.388 e. The number of benzene rings is 3. The Morgan fingerprint density at radius 3 is 2.33 bits per heavy atom. The number of aliphatic hydroxyl groups excluding tert-OH is 2. The number of carbonyl (C=O) groups excluding carboxylic acids is 6. The minimum atomic E-state index is -4.46. The molecule has 0 spiro atoms. The van der Waals surface area contributed by atoms with E-state index in [4.69, 9.17) is 39.6 Å². The van der Waals surface area contributed by atoms with Gasteiger partial charge in [-0.1, -0.05) is 97.2 Å². The largest absolute Gasteiger partial charge is 0.388 e. The maximum Gasteiger partial charge on any atom is 0.386 e. The Bertz CT molecular complexity index is 4310. The number of thiol groups is 1. The SMILES string of the molecule is O=C(CCC(=O)N1Cc2ccccc2/C=C\c2ccccc21)NCC(=O)NCC(=O)N[C@@H](Cc1ccccc1)C(=O)NCC(=O)NCOCCn1cnc2c(ncn2[C@@H]2O[C@@H]3COP(O)(=S)[C@@H]4C[C@@H](O)[C@H](n5cc6c7c(ncnc75)NCCC6)O[C@@H]4COP(=O)(S)O[C@@H]2[C@@H]3O)c1=O. The van der Waals surface area contributed by atoms with Crippen LogP contribution >= 0.6 is 25.5 Å². The number of carbonyl (C=O) groups is 6. The highest BCUT2D eigenvalue weighted by molar-refractivity contribution is 8.44. The van der Waals surface area contributed by atoms with Crippen LogP contribution in [-0.2, 0) is 98.9 Å². The third kappa shape index (κ3) is 16.1. The fourth-order valence-electron chi connectivity index (χ4n) is 12.2. The van der Waals surface area contributed by atoms with Gasteiger partial charge in [-0.05, 0) is 65.0 Å². The molecular weight excluding hydrogens is 1340 g/mol. The fraction of sp³-hybridized carbons (Fsp3) is 0.403. The first-order valence-corrected chi connectivity index (χ1v) is 36.7. The zero-order chi connectivity index (χ0) is 68.0. The summed E-state index contributed by atoms with van der Waals surface area (Å²) in [5.41, 5.74) is 3.75. The number of amides is 6. The Balaban J connectivity index is 0.593. The maximum absolute atomic E-state index is 14.2. The number of anilines is 2. The normalized spacial score (nSPS) is 25.2. The summed E-state index contributed by atoms with van der Waals surface area (Å²) in [6.07, 6.45) is 1.55. The summed E-state index contributed by atoms with van der Waals surface area (Å²) in [6.45, 7) is -10.5. The minimum absolute atomic E-state index is 0.0232. The number of aromatic nitrogens is 7. The Morgan fingerprint density at radius 1 is 0.773 bits per heavy atom. The molecule has 6 amide bonds. The molecule has 2 unspecified atom stereocenters. The molecule has 2 bridgehead atoms. The molecule has 9 N–H and O–H groups in total. The number of aliphatic hydroxyl groups is 2. The first-order valence-electron chi connectivity index (χ1n) is 31.2. The highest BCUT2D eigenvalue weighted by Gasteiger charge is 2.53. The van der Waals surface area contributed by atoms with Crippen LogP contribution in [0.15, 0.2) is 109 Å². The second-order valence-corrected chi connectivity index (χ2v) is 30.1. The van der Waals surface area contributed by atoms with Gasteiger partial charge in [0.2, 0.25) is 35.4 Å². The summed E-state index contributed by atoms with van der Waals surface area (Å²) in [6, 6.07) is 22.8. The molecule has 35 heteroatoms. The predicted octanol–water partition coefficient (Wildman–Crippen LogP) is 2.11. The van der Waals surface area contributed by atoms with Crippen LogP contribution in [0, 0.1) is 0 Å². The van der Waals surface area contributed by atoms with Gasteiger partial charge in [-0.25, -0.2) is 24.5 Å². The van der Waals surface area contributed by atoms with Gasteiger partial charge >= 0.3 is 6.80 Å². The Labute approximate surface area is 563 Å². The van der Waals surface area contributed by atoms with E-state index in [2.05, 4.69) is 64.1 Å². The summed E-state index contributed by atoms with van der Waals surface area (Å²) in [7, 11) is 0. The fourth-order valence-corrected chi connectivity index (χ4v) is 16.1. The molecule has 31 nitrogen and oxygen atoms in total. The van der Waals surface area contributed by atoms with Crippen LogP contribution in [0.4, 0.5) is 11.5 Å². The summed E-state index contributed by atoms with van der Waals surface area (Å²) < 4.78 is 54.4. The Kier molecular flexibility index (Phi) is 21.5. The average molecular weight is 1410 g/mol. The summed E-state index contributed by atoms with van der Waals surface area (Å²) in [5, 5.41) is 39.9. The third-order valence-corrected chi connectivity index (χ3v) is 21.7. The van der Waals surface area contributed by atoms with Crippen molar-refractivity contribution in [3.63, 3.8) is 0 Å². The Morgan fingerprint density at radius 2 is 1.49 bits per heavy atom. The van der Waals surface area contributed by atoms with E-state index in [-0.39, 0.29) is 62.6 Å². The van der Waals surface area contributed by atoms with Crippen LogP contribution in [0.3, 0.4) is 0 Å². The van der Waals surface area contributed by atoms with Crippen molar-refractivity contribution in [1.82, 2.24) is 60.2 Å². The van der Waals surface area contributed by atoms with Gasteiger partial charge < -0.3 is 75.2 Å². The van der Waals surface area contributed by atoms with Crippen molar-refractivity contribution in [2.75, 3.05) is 62.9 Å². The highest BCUT2D eigenvalue weighted by atomic mass is 32.7. The lowest BCUT2D eigenvalue weighted by Crippen LogP contribution is -2.52. The second-order valence-electron chi connectivity index (χ2n) is 23.6. The number of ether oxygens (including phenoxy) is 3. The van der Waals surface area contributed by atoms with Gasteiger partial charge in [0.1, 0.15) is 61.3 Å². The molecule has 5 aliphatic rings. The molecule has 3 saturated heterocycles. The monoisotopic (exact) mass is 1410 g/mol. The lowest BCUT2D eigenvalue weighted by molar-refractivity contribution is -0.160. The number of rotatable bonds is 20. The predicted molar refractivity (Wildman–Crippen MR) is 357 cm³/mol. The van der Waals surface area contributed by atoms with Crippen LogP contribution < -0.4 is 42.4 Å². The van der Waals surface area contributed by atoms with Crippen LogP contribution in [0.2, 0.25) is 0 Å². The zero-order valence-corrected chi connectivity index (χ0v) is 55.4. The molecule has 0 aliphatic carbocycles. The van der Waals surface area contributed by atoms with E-state index < -0.39 is 136 Å². The number of nitrogens with one attached hydrogen (secondary N) is 6. The van der Waals surface area contributed by atoms with Crippen molar-refractivity contribution in [3.05, 3.63) is 142 Å². The highest BCUT2D eigenvalue weighted by Crippen LogP contribution is 2.60. The molecular formula is C62H70N14O17P2S2. The number of nitrogens with zero attached hydrogens (tertiary/aromatic N) is 8. The van der Waals surface area contributed by atoms with E-state index in [9.17, 15) is 53.2 Å². The lowest BCUT2D eigenvalue weighted by Gasteiger charge is -2.42. The quantitative estimate of drug-likeness (QED) is 0.0226. The van der Waals surface area contributed by atoms with Crippen molar-refractivity contribution < 1.29 is 76.2 Å². The number of aryl methyl sites for hydroxylation is 1. The Hall–Kier alpha value is -8.14.